The van der Waals surface area contributed by atoms with Crippen LogP contribution in [0.1, 0.15) is 57.9 Å². The van der Waals surface area contributed by atoms with Gasteiger partial charge in [-0.25, -0.2) is 4.68 Å². The predicted octanol–water partition coefficient (Wildman–Crippen LogP) is 1.57. The summed E-state index contributed by atoms with van der Waals surface area (Å²) in [7, 11) is 1.99. The summed E-state index contributed by atoms with van der Waals surface area (Å²) >= 11 is 0. The zero-order valence-electron chi connectivity index (χ0n) is 14.6. The van der Waals surface area contributed by atoms with Gasteiger partial charge in [-0.2, -0.15) is 5.10 Å². The molecule has 6 heteroatoms. The first-order valence-corrected chi connectivity index (χ1v) is 8.28. The number of carbonyl (C=O) groups excluding carboxylic acids is 2. The van der Waals surface area contributed by atoms with Gasteiger partial charge in [0.2, 0.25) is 5.91 Å². The third-order valence-electron chi connectivity index (χ3n) is 4.70. The average Bonchev–Trinajstić information content (AvgIpc) is 2.81. The van der Waals surface area contributed by atoms with E-state index in [4.69, 9.17) is 5.73 Å². The van der Waals surface area contributed by atoms with Crippen molar-refractivity contribution in [3.05, 3.63) is 46.3 Å². The third kappa shape index (κ3) is 2.66. The van der Waals surface area contributed by atoms with E-state index in [2.05, 4.69) is 18.9 Å². The van der Waals surface area contributed by atoms with E-state index in [0.29, 0.717) is 18.3 Å². The van der Waals surface area contributed by atoms with E-state index >= 15 is 0 Å². The Balaban J connectivity index is 2.17. The second kappa shape index (κ2) is 5.62. The molecule has 0 saturated carbocycles. The Morgan fingerprint density at radius 2 is 2.08 bits per heavy atom. The zero-order valence-corrected chi connectivity index (χ0v) is 14.6. The molecular weight excluding hydrogens is 301 g/mol. The van der Waals surface area contributed by atoms with Crippen LogP contribution in [-0.2, 0) is 12.7 Å². The molecule has 0 unspecified atom stereocenters. The van der Waals surface area contributed by atoms with Gasteiger partial charge in [0, 0.05) is 12.0 Å². The summed E-state index contributed by atoms with van der Waals surface area (Å²) in [6.07, 6.45) is 2.06. The maximum atomic E-state index is 12.5. The van der Waals surface area contributed by atoms with Gasteiger partial charge >= 0.3 is 0 Å². The Labute approximate surface area is 142 Å². The number of aromatic nitrogens is 2. The molecule has 2 aromatic rings. The molecule has 0 atom stereocenters. The van der Waals surface area contributed by atoms with E-state index in [9.17, 15) is 9.59 Å². The van der Waals surface area contributed by atoms with Gasteiger partial charge in [0.05, 0.1) is 22.6 Å². The SMILES string of the molecule is BCc1cc(-n2nc(C)c3c2CC(C)(C)CC3=O)ccc1C(N)=O. The van der Waals surface area contributed by atoms with Gasteiger partial charge in [-0.1, -0.05) is 20.2 Å². The van der Waals surface area contributed by atoms with E-state index < -0.39 is 5.91 Å². The second-order valence-electron chi connectivity index (χ2n) is 7.32. The van der Waals surface area contributed by atoms with Crippen molar-refractivity contribution in [2.45, 2.75) is 39.9 Å². The first-order chi connectivity index (χ1) is 11.2. The van der Waals surface area contributed by atoms with Crippen LogP contribution in [0.3, 0.4) is 0 Å². The summed E-state index contributed by atoms with van der Waals surface area (Å²) in [5, 5.41) is 4.61. The average molecular weight is 323 g/mol. The van der Waals surface area contributed by atoms with Gasteiger partial charge in [-0.05, 0) is 42.5 Å². The number of rotatable bonds is 3. The fourth-order valence-corrected chi connectivity index (χ4v) is 3.60. The van der Waals surface area contributed by atoms with Gasteiger partial charge in [0.1, 0.15) is 7.85 Å². The lowest BCUT2D eigenvalue weighted by atomic mass is 9.75. The fourth-order valence-electron chi connectivity index (χ4n) is 3.60. The third-order valence-corrected chi connectivity index (χ3v) is 4.70. The first kappa shape index (κ1) is 16.5. The number of aryl methyl sites for hydroxylation is 1. The molecule has 3 rings (SSSR count). The summed E-state index contributed by atoms with van der Waals surface area (Å²) < 4.78 is 1.85. The van der Waals surface area contributed by atoms with Crippen molar-refractivity contribution in [3.63, 3.8) is 0 Å². The zero-order chi connectivity index (χ0) is 17.6. The topological polar surface area (TPSA) is 78.0 Å². The number of primary amides is 1. The van der Waals surface area contributed by atoms with E-state index in [1.807, 2.05) is 31.6 Å². The maximum Gasteiger partial charge on any atom is 0.248 e. The minimum Gasteiger partial charge on any atom is -0.366 e. The molecular formula is C18H22BN3O2. The molecule has 24 heavy (non-hydrogen) atoms. The molecule has 124 valence electrons. The van der Waals surface area contributed by atoms with Crippen LogP contribution in [0.2, 0.25) is 0 Å². The number of fused-ring (bicyclic) bond motifs is 1. The molecule has 1 amide bonds. The summed E-state index contributed by atoms with van der Waals surface area (Å²) in [6.45, 7) is 6.09. The number of nitrogens with zero attached hydrogens (tertiary/aromatic N) is 2. The van der Waals surface area contributed by atoms with E-state index in [0.717, 1.165) is 34.6 Å². The number of Topliss-reactive ketones (excluding diaryl/α,β-unsaturated/α-hetero) is 1. The monoisotopic (exact) mass is 323 g/mol. The molecule has 0 aliphatic heterocycles. The highest BCUT2D eigenvalue weighted by Gasteiger charge is 2.35. The van der Waals surface area contributed by atoms with Crippen LogP contribution in [0.4, 0.5) is 0 Å². The molecule has 0 fully saturated rings. The fraction of sp³-hybridized carbons (Fsp3) is 0.389. The summed E-state index contributed by atoms with van der Waals surface area (Å²) in [6, 6.07) is 5.53. The van der Waals surface area contributed by atoms with Crippen molar-refractivity contribution < 1.29 is 9.59 Å². The molecule has 1 aromatic carbocycles. The van der Waals surface area contributed by atoms with Crippen LogP contribution in [-0.4, -0.2) is 29.3 Å². The number of hydrogen-bond acceptors (Lipinski definition) is 3. The number of hydrogen-bond donors (Lipinski definition) is 1. The van der Waals surface area contributed by atoms with E-state index in [-0.39, 0.29) is 11.2 Å². The van der Waals surface area contributed by atoms with Crippen molar-refractivity contribution in [3.8, 4) is 5.69 Å². The lowest BCUT2D eigenvalue weighted by Gasteiger charge is -2.29. The molecule has 5 nitrogen and oxygen atoms in total. The number of benzene rings is 1. The van der Waals surface area contributed by atoms with Gasteiger partial charge in [-0.15, -0.1) is 0 Å². The smallest absolute Gasteiger partial charge is 0.248 e. The van der Waals surface area contributed by atoms with Crippen LogP contribution in [0.15, 0.2) is 18.2 Å². The molecule has 0 spiro atoms. The van der Waals surface area contributed by atoms with Crippen LogP contribution in [0.5, 0.6) is 0 Å². The lowest BCUT2D eigenvalue weighted by molar-refractivity contribution is 0.0909. The van der Waals surface area contributed by atoms with Crippen LogP contribution in [0, 0.1) is 12.3 Å². The standard InChI is InChI=1S/C18H22BN3O2/c1-10-16-14(7-18(2,3)8-15(16)23)22(21-10)12-4-5-13(17(20)24)11(6-12)9-19/h4-6H,7-9,19H2,1-3H3,(H2,20,24). The van der Waals surface area contributed by atoms with Gasteiger partial charge in [0.25, 0.3) is 0 Å². The normalized spacial score (nSPS) is 16.0. The van der Waals surface area contributed by atoms with Crippen molar-refractivity contribution in [2.24, 2.45) is 11.1 Å². The molecule has 1 aliphatic carbocycles. The van der Waals surface area contributed by atoms with Gasteiger partial charge in [-0.3, -0.25) is 9.59 Å². The Bertz CT molecular complexity index is 852. The highest BCUT2D eigenvalue weighted by Crippen LogP contribution is 2.37. The summed E-state index contributed by atoms with van der Waals surface area (Å²) in [5.74, 6) is -0.261. The highest BCUT2D eigenvalue weighted by molar-refractivity contribution is 6.09. The Morgan fingerprint density at radius 3 is 2.71 bits per heavy atom. The largest absolute Gasteiger partial charge is 0.366 e. The Kier molecular flexibility index (Phi) is 3.86. The minimum absolute atomic E-state index is 0.0743. The van der Waals surface area contributed by atoms with E-state index in [1.54, 1.807) is 6.07 Å². The summed E-state index contributed by atoms with van der Waals surface area (Å²) in [4.78, 5) is 24.1. The quantitative estimate of drug-likeness (QED) is 0.871. The van der Waals surface area contributed by atoms with Crippen molar-refractivity contribution in [2.75, 3.05) is 0 Å². The molecule has 2 N–H and O–H groups in total. The molecule has 1 heterocycles. The molecule has 1 aliphatic rings. The van der Waals surface area contributed by atoms with Crippen LogP contribution in [0.25, 0.3) is 5.69 Å². The van der Waals surface area contributed by atoms with Gasteiger partial charge in [0.15, 0.2) is 5.78 Å². The van der Waals surface area contributed by atoms with Gasteiger partial charge < -0.3 is 5.73 Å². The Hall–Kier alpha value is -2.37. The lowest BCUT2D eigenvalue weighted by Crippen LogP contribution is -2.28. The molecule has 1 aromatic heterocycles. The van der Waals surface area contributed by atoms with Crippen molar-refractivity contribution in [1.29, 1.82) is 0 Å². The second-order valence-corrected chi connectivity index (χ2v) is 7.32. The summed E-state index contributed by atoms with van der Waals surface area (Å²) in [5.41, 5.74) is 10.1. The van der Waals surface area contributed by atoms with Crippen molar-refractivity contribution >= 4 is 19.5 Å². The molecule has 0 bridgehead atoms. The minimum atomic E-state index is -0.423. The molecule has 0 saturated heterocycles. The predicted molar refractivity (Wildman–Crippen MR) is 95.5 cm³/mol. The number of ketones is 1. The van der Waals surface area contributed by atoms with E-state index in [1.165, 1.54) is 0 Å². The first-order valence-electron chi connectivity index (χ1n) is 8.28. The number of amides is 1. The van der Waals surface area contributed by atoms with Crippen molar-refractivity contribution in [1.82, 2.24) is 9.78 Å². The number of carbonyl (C=O) groups is 2. The molecule has 0 radical (unpaired) electrons. The highest BCUT2D eigenvalue weighted by atomic mass is 16.1. The van der Waals surface area contributed by atoms with Crippen LogP contribution < -0.4 is 5.73 Å². The van der Waals surface area contributed by atoms with Crippen LogP contribution >= 0.6 is 0 Å². The Morgan fingerprint density at radius 1 is 1.38 bits per heavy atom. The number of nitrogens with two attached hydrogens (primary N) is 1. The maximum absolute atomic E-state index is 12.5.